The minimum Gasteiger partial charge on any atom is -0.378 e. The predicted molar refractivity (Wildman–Crippen MR) is 120 cm³/mol. The number of nitrogens with one attached hydrogen (secondary N) is 1. The minimum atomic E-state index is 0.0757. The van der Waals surface area contributed by atoms with Crippen molar-refractivity contribution in [2.24, 2.45) is 5.92 Å². The van der Waals surface area contributed by atoms with E-state index in [-0.39, 0.29) is 29.8 Å². The van der Waals surface area contributed by atoms with E-state index in [2.05, 4.69) is 16.4 Å². The van der Waals surface area contributed by atoms with Gasteiger partial charge in [-0.25, -0.2) is 9.67 Å². The molecule has 0 spiro atoms. The monoisotopic (exact) mass is 439 g/mol. The van der Waals surface area contributed by atoms with E-state index >= 15 is 0 Å². The average Bonchev–Trinajstić information content (AvgIpc) is 3.62. The molecule has 4 heterocycles. The van der Waals surface area contributed by atoms with Crippen LogP contribution < -0.4 is 5.32 Å². The maximum atomic E-state index is 12.9. The summed E-state index contributed by atoms with van der Waals surface area (Å²) in [5, 5.41) is 8.99. The Kier molecular flexibility index (Phi) is 6.39. The number of carbonyl (C=O) groups is 2. The average molecular weight is 440 g/mol. The maximum Gasteiger partial charge on any atom is 0.225 e. The molecule has 1 aliphatic carbocycles. The quantitative estimate of drug-likeness (QED) is 0.716. The zero-order chi connectivity index (χ0) is 21.9. The number of rotatable bonds is 7. The largest absolute Gasteiger partial charge is 0.378 e. The minimum absolute atomic E-state index is 0.0757. The van der Waals surface area contributed by atoms with Crippen molar-refractivity contribution in [3.05, 3.63) is 24.0 Å². The highest BCUT2D eigenvalue weighted by Gasteiger charge is 2.31. The first-order valence-corrected chi connectivity index (χ1v) is 12.2. The van der Waals surface area contributed by atoms with E-state index in [4.69, 9.17) is 9.84 Å². The van der Waals surface area contributed by atoms with Gasteiger partial charge in [0.05, 0.1) is 24.8 Å². The summed E-state index contributed by atoms with van der Waals surface area (Å²) in [7, 11) is 0. The fourth-order valence-electron chi connectivity index (χ4n) is 4.99. The predicted octanol–water partition coefficient (Wildman–Crippen LogP) is 2.62. The molecule has 8 nitrogen and oxygen atoms in total. The number of piperidine rings is 1. The first kappa shape index (κ1) is 21.4. The molecule has 2 atom stereocenters. The number of amides is 2. The Morgan fingerprint density at radius 3 is 2.88 bits per heavy atom. The fraction of sp³-hybridized carbons (Fsp3) is 0.667. The van der Waals surface area contributed by atoms with Gasteiger partial charge in [-0.15, -0.1) is 0 Å². The molecule has 32 heavy (non-hydrogen) atoms. The van der Waals surface area contributed by atoms with E-state index in [1.54, 1.807) is 6.20 Å². The Labute approximate surface area is 188 Å². The van der Waals surface area contributed by atoms with Gasteiger partial charge in [-0.3, -0.25) is 9.59 Å². The number of aromatic nitrogens is 3. The number of nitrogens with zero attached hydrogens (tertiary/aromatic N) is 4. The summed E-state index contributed by atoms with van der Waals surface area (Å²) in [5.41, 5.74) is 1.87. The van der Waals surface area contributed by atoms with Crippen LogP contribution in [0.4, 0.5) is 0 Å². The molecule has 5 rings (SSSR count). The number of hydrogen-bond acceptors (Lipinski definition) is 5. The second-order valence-electron chi connectivity index (χ2n) is 9.42. The molecule has 2 aromatic heterocycles. The van der Waals surface area contributed by atoms with Crippen molar-refractivity contribution < 1.29 is 14.3 Å². The van der Waals surface area contributed by atoms with E-state index in [9.17, 15) is 9.59 Å². The molecule has 172 valence electrons. The highest BCUT2D eigenvalue weighted by molar-refractivity contribution is 5.81. The molecule has 0 radical (unpaired) electrons. The number of carbonyl (C=O) groups excluding carboxylic acids is 2. The lowest BCUT2D eigenvalue weighted by Gasteiger charge is -2.33. The van der Waals surface area contributed by atoms with Crippen LogP contribution in [-0.2, 0) is 20.9 Å². The standard InChI is InChI=1S/C24H33N5O3/c30-21(15-19-6-1-2-14-32-19)28-12-4-5-18(16-28)22-20-7-3-10-25-23(20)29(27-22)13-11-26-24(31)17-8-9-17/h3,7,10,17-19H,1-2,4-6,8-9,11-16H2,(H,26,31)/t18-,19+/m1/s1. The molecule has 0 bridgehead atoms. The molecule has 1 saturated carbocycles. The lowest BCUT2D eigenvalue weighted by Crippen LogP contribution is -2.41. The van der Waals surface area contributed by atoms with Crippen molar-refractivity contribution in [1.29, 1.82) is 0 Å². The molecule has 8 heteroatoms. The van der Waals surface area contributed by atoms with Crippen LogP contribution in [0.5, 0.6) is 0 Å². The van der Waals surface area contributed by atoms with E-state index in [0.717, 1.165) is 74.8 Å². The van der Waals surface area contributed by atoms with E-state index in [0.29, 0.717) is 26.1 Å². The summed E-state index contributed by atoms with van der Waals surface area (Å²) >= 11 is 0. The van der Waals surface area contributed by atoms with E-state index in [1.807, 2.05) is 15.6 Å². The number of pyridine rings is 1. The van der Waals surface area contributed by atoms with Crippen molar-refractivity contribution in [3.63, 3.8) is 0 Å². The first-order valence-electron chi connectivity index (χ1n) is 12.2. The summed E-state index contributed by atoms with van der Waals surface area (Å²) < 4.78 is 7.69. The van der Waals surface area contributed by atoms with Gasteiger partial charge in [0.25, 0.3) is 0 Å². The van der Waals surface area contributed by atoms with E-state index in [1.165, 1.54) is 0 Å². The van der Waals surface area contributed by atoms with Gasteiger partial charge in [-0.05, 0) is 57.1 Å². The number of ether oxygens (including phenoxy) is 1. The van der Waals surface area contributed by atoms with Crippen molar-refractivity contribution >= 4 is 22.8 Å². The number of hydrogen-bond donors (Lipinski definition) is 1. The zero-order valence-electron chi connectivity index (χ0n) is 18.7. The van der Waals surface area contributed by atoms with Crippen molar-refractivity contribution in [3.8, 4) is 0 Å². The SMILES string of the molecule is O=C(NCCn1nc([C@@H]2CCCN(C(=O)C[C@@H]3CCCCO3)C2)c2cccnc21)C1CC1. The molecule has 3 fully saturated rings. The highest BCUT2D eigenvalue weighted by Crippen LogP contribution is 2.32. The molecular weight excluding hydrogens is 406 g/mol. The topological polar surface area (TPSA) is 89.4 Å². The molecule has 0 aromatic carbocycles. The third kappa shape index (κ3) is 4.80. The highest BCUT2D eigenvalue weighted by atomic mass is 16.5. The van der Waals surface area contributed by atoms with E-state index < -0.39 is 0 Å². The Balaban J connectivity index is 1.26. The second-order valence-corrected chi connectivity index (χ2v) is 9.42. The number of fused-ring (bicyclic) bond motifs is 1. The van der Waals surface area contributed by atoms with Crippen LogP contribution in [0.25, 0.3) is 11.0 Å². The van der Waals surface area contributed by atoms with Gasteiger partial charge in [0.2, 0.25) is 11.8 Å². The number of likely N-dealkylation sites (tertiary alicyclic amines) is 1. The Hall–Kier alpha value is -2.48. The molecule has 2 aliphatic heterocycles. The van der Waals surface area contributed by atoms with Crippen LogP contribution in [0.15, 0.2) is 18.3 Å². The van der Waals surface area contributed by atoms with Crippen LogP contribution in [0.1, 0.15) is 63.0 Å². The van der Waals surface area contributed by atoms with Crippen LogP contribution in [-0.4, -0.2) is 63.8 Å². The van der Waals surface area contributed by atoms with Gasteiger partial charge in [0.1, 0.15) is 0 Å². The fourth-order valence-corrected chi connectivity index (χ4v) is 4.99. The van der Waals surface area contributed by atoms with Gasteiger partial charge >= 0.3 is 0 Å². The zero-order valence-corrected chi connectivity index (χ0v) is 18.7. The summed E-state index contributed by atoms with van der Waals surface area (Å²) in [6.45, 7) is 3.44. The summed E-state index contributed by atoms with van der Waals surface area (Å²) in [6, 6.07) is 4.01. The third-order valence-corrected chi connectivity index (χ3v) is 6.94. The van der Waals surface area contributed by atoms with Crippen LogP contribution in [0.3, 0.4) is 0 Å². The van der Waals surface area contributed by atoms with Gasteiger partial charge in [-0.1, -0.05) is 0 Å². The second kappa shape index (κ2) is 9.57. The van der Waals surface area contributed by atoms with Crippen molar-refractivity contribution in [2.45, 2.75) is 69.9 Å². The lowest BCUT2D eigenvalue weighted by atomic mass is 9.92. The molecule has 2 amide bonds. The Morgan fingerprint density at radius 2 is 2.06 bits per heavy atom. The van der Waals surface area contributed by atoms with Crippen LogP contribution >= 0.6 is 0 Å². The molecule has 0 unspecified atom stereocenters. The maximum absolute atomic E-state index is 12.9. The summed E-state index contributed by atoms with van der Waals surface area (Å²) in [6.07, 6.45) is 9.60. The summed E-state index contributed by atoms with van der Waals surface area (Å²) in [4.78, 5) is 31.5. The Bertz CT molecular complexity index is 964. The van der Waals surface area contributed by atoms with Gasteiger partial charge in [0.15, 0.2) is 5.65 Å². The normalized spacial score (nSPS) is 23.9. The summed E-state index contributed by atoms with van der Waals surface area (Å²) in [5.74, 6) is 0.765. The van der Waals surface area contributed by atoms with Crippen LogP contribution in [0.2, 0.25) is 0 Å². The van der Waals surface area contributed by atoms with Gasteiger partial charge in [-0.2, -0.15) is 5.10 Å². The lowest BCUT2D eigenvalue weighted by molar-refractivity contribution is -0.136. The van der Waals surface area contributed by atoms with Gasteiger partial charge in [0, 0.05) is 49.7 Å². The molecule has 2 aromatic rings. The van der Waals surface area contributed by atoms with Gasteiger partial charge < -0.3 is 15.0 Å². The van der Waals surface area contributed by atoms with Crippen LogP contribution in [0, 0.1) is 5.92 Å². The first-order chi connectivity index (χ1) is 15.7. The van der Waals surface area contributed by atoms with Crippen molar-refractivity contribution in [2.75, 3.05) is 26.2 Å². The molecule has 1 N–H and O–H groups in total. The molecule has 2 saturated heterocycles. The molecule has 3 aliphatic rings. The Morgan fingerprint density at radius 1 is 1.16 bits per heavy atom. The smallest absolute Gasteiger partial charge is 0.225 e. The third-order valence-electron chi connectivity index (χ3n) is 6.94. The van der Waals surface area contributed by atoms with Crippen molar-refractivity contribution in [1.82, 2.24) is 25.0 Å². The molecular formula is C24H33N5O3.